The van der Waals surface area contributed by atoms with Gasteiger partial charge >= 0.3 is 0 Å². The SMILES string of the molecule is CCN(CC)c1ccc(NC(=O)C(C)Cc2ccc(OC)c(OC)c2)c(C)c1. The standard InChI is InChI=1S/C23H32N2O3/c1-7-25(8-2)19-10-11-20(16(3)14-19)24-23(26)17(4)13-18-9-12-21(27-5)22(15-18)28-6/h9-12,14-15,17H,7-8,13H2,1-6H3,(H,24,26). The monoisotopic (exact) mass is 384 g/mol. The number of aryl methyl sites for hydroxylation is 1. The molecule has 152 valence electrons. The first-order valence-electron chi connectivity index (χ1n) is 9.80. The van der Waals surface area contributed by atoms with Gasteiger partial charge in [-0.1, -0.05) is 13.0 Å². The number of rotatable bonds is 9. The molecule has 0 spiro atoms. The second-order valence-electron chi connectivity index (χ2n) is 6.96. The second-order valence-corrected chi connectivity index (χ2v) is 6.96. The van der Waals surface area contributed by atoms with E-state index in [0.717, 1.165) is 29.9 Å². The highest BCUT2D eigenvalue weighted by atomic mass is 16.5. The predicted octanol–water partition coefficient (Wildman–Crippen LogP) is 4.68. The van der Waals surface area contributed by atoms with Crippen molar-refractivity contribution in [1.82, 2.24) is 0 Å². The smallest absolute Gasteiger partial charge is 0.227 e. The highest BCUT2D eigenvalue weighted by Crippen LogP contribution is 2.29. The maximum absolute atomic E-state index is 12.7. The molecule has 0 aliphatic rings. The predicted molar refractivity (Wildman–Crippen MR) is 116 cm³/mol. The molecule has 0 aliphatic heterocycles. The molecule has 0 fully saturated rings. The van der Waals surface area contributed by atoms with Crippen molar-refractivity contribution in [2.45, 2.75) is 34.1 Å². The number of nitrogens with zero attached hydrogens (tertiary/aromatic N) is 1. The second kappa shape index (κ2) is 10.0. The van der Waals surface area contributed by atoms with E-state index in [-0.39, 0.29) is 11.8 Å². The maximum atomic E-state index is 12.7. The molecular formula is C23H32N2O3. The van der Waals surface area contributed by atoms with Crippen LogP contribution in [0, 0.1) is 12.8 Å². The molecular weight excluding hydrogens is 352 g/mol. The van der Waals surface area contributed by atoms with Crippen LogP contribution in [-0.2, 0) is 11.2 Å². The van der Waals surface area contributed by atoms with Gasteiger partial charge in [-0.3, -0.25) is 4.79 Å². The van der Waals surface area contributed by atoms with Gasteiger partial charge in [0.2, 0.25) is 5.91 Å². The average Bonchev–Trinajstić information content (AvgIpc) is 2.70. The van der Waals surface area contributed by atoms with Crippen LogP contribution in [0.3, 0.4) is 0 Å². The zero-order valence-corrected chi connectivity index (χ0v) is 17.8. The molecule has 0 radical (unpaired) electrons. The fraction of sp³-hybridized carbons (Fsp3) is 0.435. The van der Waals surface area contributed by atoms with Gasteiger partial charge in [-0.15, -0.1) is 0 Å². The van der Waals surface area contributed by atoms with Crippen LogP contribution in [0.25, 0.3) is 0 Å². The Hall–Kier alpha value is -2.69. The van der Waals surface area contributed by atoms with Crippen LogP contribution in [0.1, 0.15) is 31.9 Å². The highest BCUT2D eigenvalue weighted by molar-refractivity contribution is 5.93. The van der Waals surface area contributed by atoms with Crippen molar-refractivity contribution in [3.05, 3.63) is 47.5 Å². The summed E-state index contributed by atoms with van der Waals surface area (Å²) >= 11 is 0. The molecule has 2 aromatic carbocycles. The molecule has 0 aromatic heterocycles. The Bertz CT molecular complexity index is 800. The molecule has 1 N–H and O–H groups in total. The molecule has 5 nitrogen and oxygen atoms in total. The van der Waals surface area contributed by atoms with Gasteiger partial charge in [-0.05, 0) is 68.7 Å². The number of hydrogen-bond donors (Lipinski definition) is 1. The van der Waals surface area contributed by atoms with E-state index in [2.05, 4.69) is 36.2 Å². The Kier molecular flexibility index (Phi) is 7.73. The Labute approximate surface area is 168 Å². The summed E-state index contributed by atoms with van der Waals surface area (Å²) in [6, 6.07) is 11.9. The quantitative estimate of drug-likeness (QED) is 0.682. The number of carbonyl (C=O) groups excluding carboxylic acids is 1. The third kappa shape index (κ3) is 5.18. The number of benzene rings is 2. The summed E-state index contributed by atoms with van der Waals surface area (Å²) in [7, 11) is 3.23. The zero-order chi connectivity index (χ0) is 20.7. The van der Waals surface area contributed by atoms with Crippen molar-refractivity contribution in [2.24, 2.45) is 5.92 Å². The van der Waals surface area contributed by atoms with Gasteiger partial charge in [-0.2, -0.15) is 0 Å². The van der Waals surface area contributed by atoms with Gasteiger partial charge in [0.15, 0.2) is 11.5 Å². The number of nitrogens with one attached hydrogen (secondary N) is 1. The molecule has 0 heterocycles. The summed E-state index contributed by atoms with van der Waals surface area (Å²) in [6.45, 7) is 10.2. The average molecular weight is 385 g/mol. The van der Waals surface area contributed by atoms with Crippen molar-refractivity contribution in [3.63, 3.8) is 0 Å². The minimum atomic E-state index is -0.167. The van der Waals surface area contributed by atoms with Crippen molar-refractivity contribution >= 4 is 17.3 Å². The van der Waals surface area contributed by atoms with E-state index >= 15 is 0 Å². The summed E-state index contributed by atoms with van der Waals surface area (Å²) in [5.74, 6) is 1.20. The lowest BCUT2D eigenvalue weighted by Gasteiger charge is -2.22. The summed E-state index contributed by atoms with van der Waals surface area (Å²) < 4.78 is 10.6. The number of carbonyl (C=O) groups is 1. The molecule has 0 saturated heterocycles. The van der Waals surface area contributed by atoms with Crippen molar-refractivity contribution in [1.29, 1.82) is 0 Å². The van der Waals surface area contributed by atoms with E-state index in [1.54, 1.807) is 14.2 Å². The van der Waals surface area contributed by atoms with E-state index in [1.807, 2.05) is 38.1 Å². The van der Waals surface area contributed by atoms with Gasteiger partial charge in [0, 0.05) is 30.4 Å². The Morgan fingerprint density at radius 1 is 1.04 bits per heavy atom. The fourth-order valence-electron chi connectivity index (χ4n) is 3.28. The van der Waals surface area contributed by atoms with Gasteiger partial charge in [0.05, 0.1) is 14.2 Å². The van der Waals surface area contributed by atoms with Crippen LogP contribution in [0.15, 0.2) is 36.4 Å². The summed E-state index contributed by atoms with van der Waals surface area (Å²) in [5.41, 5.74) is 4.14. The lowest BCUT2D eigenvalue weighted by molar-refractivity contribution is -0.119. The van der Waals surface area contributed by atoms with E-state index in [9.17, 15) is 4.79 Å². The van der Waals surface area contributed by atoms with E-state index < -0.39 is 0 Å². The lowest BCUT2D eigenvalue weighted by atomic mass is 9.99. The Balaban J connectivity index is 2.06. The fourth-order valence-corrected chi connectivity index (χ4v) is 3.28. The number of hydrogen-bond acceptors (Lipinski definition) is 4. The number of anilines is 2. The Morgan fingerprint density at radius 2 is 1.71 bits per heavy atom. The molecule has 5 heteroatoms. The van der Waals surface area contributed by atoms with Gasteiger partial charge in [-0.25, -0.2) is 0 Å². The molecule has 1 amide bonds. The molecule has 1 unspecified atom stereocenters. The van der Waals surface area contributed by atoms with Crippen LogP contribution < -0.4 is 19.7 Å². The van der Waals surface area contributed by atoms with E-state index in [1.165, 1.54) is 5.69 Å². The normalized spacial score (nSPS) is 11.6. The minimum absolute atomic E-state index is 0.00785. The van der Waals surface area contributed by atoms with Crippen molar-refractivity contribution < 1.29 is 14.3 Å². The molecule has 0 bridgehead atoms. The highest BCUT2D eigenvalue weighted by Gasteiger charge is 2.16. The van der Waals surface area contributed by atoms with Crippen LogP contribution in [0.5, 0.6) is 11.5 Å². The van der Waals surface area contributed by atoms with Crippen LogP contribution in [-0.4, -0.2) is 33.2 Å². The molecule has 2 aromatic rings. The van der Waals surface area contributed by atoms with Gasteiger partial charge in [0.25, 0.3) is 0 Å². The molecule has 0 aliphatic carbocycles. The molecule has 28 heavy (non-hydrogen) atoms. The summed E-state index contributed by atoms with van der Waals surface area (Å²) in [4.78, 5) is 15.0. The third-order valence-corrected chi connectivity index (χ3v) is 5.03. The first-order chi connectivity index (χ1) is 13.4. The van der Waals surface area contributed by atoms with Gasteiger partial charge < -0.3 is 19.7 Å². The van der Waals surface area contributed by atoms with Crippen molar-refractivity contribution in [3.8, 4) is 11.5 Å². The zero-order valence-electron chi connectivity index (χ0n) is 17.8. The van der Waals surface area contributed by atoms with E-state index in [4.69, 9.17) is 9.47 Å². The minimum Gasteiger partial charge on any atom is -0.493 e. The Morgan fingerprint density at radius 3 is 2.29 bits per heavy atom. The topological polar surface area (TPSA) is 50.8 Å². The maximum Gasteiger partial charge on any atom is 0.227 e. The van der Waals surface area contributed by atoms with Crippen LogP contribution in [0.2, 0.25) is 0 Å². The number of ether oxygens (including phenoxy) is 2. The third-order valence-electron chi connectivity index (χ3n) is 5.03. The van der Waals surface area contributed by atoms with Crippen LogP contribution in [0.4, 0.5) is 11.4 Å². The van der Waals surface area contributed by atoms with E-state index in [0.29, 0.717) is 17.9 Å². The van der Waals surface area contributed by atoms with Crippen LogP contribution >= 0.6 is 0 Å². The molecule has 2 rings (SSSR count). The lowest BCUT2D eigenvalue weighted by Crippen LogP contribution is -2.24. The van der Waals surface area contributed by atoms with Gasteiger partial charge in [0.1, 0.15) is 0 Å². The summed E-state index contributed by atoms with van der Waals surface area (Å²) in [5, 5.41) is 3.07. The molecule has 1 atom stereocenters. The molecule has 0 saturated carbocycles. The van der Waals surface area contributed by atoms with Crippen molar-refractivity contribution in [2.75, 3.05) is 37.5 Å². The number of amides is 1. The largest absolute Gasteiger partial charge is 0.493 e. The summed E-state index contributed by atoms with van der Waals surface area (Å²) in [6.07, 6.45) is 0.628. The number of methoxy groups -OCH3 is 2. The first-order valence-corrected chi connectivity index (χ1v) is 9.80. The first kappa shape index (κ1) is 21.6.